The molecule has 98 valence electrons. The first kappa shape index (κ1) is 15.0. The summed E-state index contributed by atoms with van der Waals surface area (Å²) in [5, 5.41) is 12.9. The minimum absolute atomic E-state index is 0.312. The van der Waals surface area contributed by atoms with Crippen LogP contribution < -0.4 is 16.4 Å². The van der Waals surface area contributed by atoms with Crippen LogP contribution in [0.2, 0.25) is 0 Å². The Labute approximate surface area is 98.5 Å². The zero-order valence-corrected chi connectivity index (χ0v) is 9.94. The third-order valence-corrected chi connectivity index (χ3v) is 1.46. The number of carboxylic acid groups (broad SMARTS) is 1. The molecule has 1 atom stereocenters. The third-order valence-electron chi connectivity index (χ3n) is 1.46. The maximum atomic E-state index is 11.2. The van der Waals surface area contributed by atoms with Crippen molar-refractivity contribution < 1.29 is 24.2 Å². The van der Waals surface area contributed by atoms with Gasteiger partial charge in [-0.3, -0.25) is 0 Å². The van der Waals surface area contributed by atoms with Gasteiger partial charge in [0.2, 0.25) is 0 Å². The molecule has 0 fully saturated rings. The Hall–Kier alpha value is -1.99. The van der Waals surface area contributed by atoms with Crippen molar-refractivity contribution in [1.82, 2.24) is 10.6 Å². The van der Waals surface area contributed by atoms with Gasteiger partial charge < -0.3 is 26.2 Å². The number of hydrogen-bond donors (Lipinski definition) is 4. The van der Waals surface area contributed by atoms with E-state index in [9.17, 15) is 14.4 Å². The lowest BCUT2D eigenvalue weighted by Gasteiger charge is -2.20. The quantitative estimate of drug-likeness (QED) is 0.538. The SMILES string of the molecule is CC(C)(C)OC(=O)NC[C@H](NC(N)=O)C(=O)O. The minimum atomic E-state index is -1.31. The highest BCUT2D eigenvalue weighted by molar-refractivity contribution is 5.82. The monoisotopic (exact) mass is 247 g/mol. The van der Waals surface area contributed by atoms with Gasteiger partial charge in [0.1, 0.15) is 11.6 Å². The molecular weight excluding hydrogens is 230 g/mol. The maximum Gasteiger partial charge on any atom is 0.407 e. The number of nitrogens with one attached hydrogen (secondary N) is 2. The van der Waals surface area contributed by atoms with Crippen molar-refractivity contribution in [3.05, 3.63) is 0 Å². The van der Waals surface area contributed by atoms with Crippen molar-refractivity contribution in [1.29, 1.82) is 0 Å². The van der Waals surface area contributed by atoms with Crippen molar-refractivity contribution in [3.8, 4) is 0 Å². The highest BCUT2D eigenvalue weighted by Crippen LogP contribution is 2.06. The number of aliphatic carboxylic acids is 1. The molecular formula is C9H17N3O5. The summed E-state index contributed by atoms with van der Waals surface area (Å²) in [6, 6.07) is -2.27. The standard InChI is InChI=1S/C9H17N3O5/c1-9(2,3)17-8(16)11-4-5(6(13)14)12-7(10)15/h5H,4H2,1-3H3,(H,11,16)(H,13,14)(H3,10,12,15)/t5-/m0/s1. The van der Waals surface area contributed by atoms with E-state index >= 15 is 0 Å². The molecule has 8 heteroatoms. The Morgan fingerprint density at radius 2 is 1.88 bits per heavy atom. The van der Waals surface area contributed by atoms with Crippen LogP contribution in [0.1, 0.15) is 20.8 Å². The first-order valence-electron chi connectivity index (χ1n) is 4.87. The van der Waals surface area contributed by atoms with Crippen LogP contribution in [0.5, 0.6) is 0 Å². The van der Waals surface area contributed by atoms with E-state index in [0.717, 1.165) is 0 Å². The molecule has 0 aliphatic rings. The number of amides is 3. The summed E-state index contributed by atoms with van der Waals surface area (Å²) in [5.41, 5.74) is 4.10. The van der Waals surface area contributed by atoms with Gasteiger partial charge in [0, 0.05) is 0 Å². The van der Waals surface area contributed by atoms with Crippen LogP contribution in [0.3, 0.4) is 0 Å². The topological polar surface area (TPSA) is 131 Å². The van der Waals surface area contributed by atoms with E-state index in [-0.39, 0.29) is 6.54 Å². The van der Waals surface area contributed by atoms with Crippen LogP contribution >= 0.6 is 0 Å². The van der Waals surface area contributed by atoms with Crippen molar-refractivity contribution in [3.63, 3.8) is 0 Å². The summed E-state index contributed by atoms with van der Waals surface area (Å²) in [5.74, 6) is -1.31. The fourth-order valence-electron chi connectivity index (χ4n) is 0.871. The number of ether oxygens (including phenoxy) is 1. The van der Waals surface area contributed by atoms with Gasteiger partial charge in [0.25, 0.3) is 0 Å². The second-order valence-electron chi connectivity index (χ2n) is 4.28. The number of carbonyl (C=O) groups excluding carboxylic acids is 2. The van der Waals surface area contributed by atoms with Crippen LogP contribution in [-0.4, -0.2) is 41.4 Å². The van der Waals surface area contributed by atoms with Crippen LogP contribution in [0.4, 0.5) is 9.59 Å². The molecule has 0 aromatic heterocycles. The Morgan fingerprint density at radius 1 is 1.35 bits per heavy atom. The lowest BCUT2D eigenvalue weighted by molar-refractivity contribution is -0.139. The van der Waals surface area contributed by atoms with Crippen LogP contribution in [0.15, 0.2) is 0 Å². The summed E-state index contributed by atoms with van der Waals surface area (Å²) in [4.78, 5) is 32.4. The van der Waals surface area contributed by atoms with Gasteiger partial charge in [-0.1, -0.05) is 0 Å². The summed E-state index contributed by atoms with van der Waals surface area (Å²) in [6.07, 6.45) is -0.768. The molecule has 0 bridgehead atoms. The van der Waals surface area contributed by atoms with Crippen LogP contribution in [0.25, 0.3) is 0 Å². The molecule has 5 N–H and O–H groups in total. The second kappa shape index (κ2) is 5.92. The zero-order valence-electron chi connectivity index (χ0n) is 9.94. The van der Waals surface area contributed by atoms with Gasteiger partial charge in [-0.2, -0.15) is 0 Å². The average Bonchev–Trinajstić information content (AvgIpc) is 2.08. The Kier molecular flexibility index (Phi) is 5.23. The molecule has 0 aliphatic carbocycles. The Morgan fingerprint density at radius 3 is 2.24 bits per heavy atom. The number of nitrogens with two attached hydrogens (primary N) is 1. The predicted octanol–water partition coefficient (Wildman–Crippen LogP) is -0.367. The average molecular weight is 247 g/mol. The predicted molar refractivity (Wildman–Crippen MR) is 58.4 cm³/mol. The molecule has 0 saturated carbocycles. The molecule has 0 radical (unpaired) electrons. The molecule has 0 unspecified atom stereocenters. The van der Waals surface area contributed by atoms with Gasteiger partial charge in [0.05, 0.1) is 6.54 Å². The Balaban J connectivity index is 4.18. The number of hydrogen-bond acceptors (Lipinski definition) is 4. The molecule has 3 amide bonds. The largest absolute Gasteiger partial charge is 0.480 e. The number of urea groups is 1. The molecule has 0 rings (SSSR count). The van der Waals surface area contributed by atoms with Crippen molar-refractivity contribution in [2.75, 3.05) is 6.54 Å². The molecule has 0 saturated heterocycles. The second-order valence-corrected chi connectivity index (χ2v) is 4.28. The molecule has 17 heavy (non-hydrogen) atoms. The Bertz CT molecular complexity index is 310. The fourth-order valence-corrected chi connectivity index (χ4v) is 0.871. The van der Waals surface area contributed by atoms with Crippen LogP contribution in [-0.2, 0) is 9.53 Å². The molecule has 0 aromatic rings. The van der Waals surface area contributed by atoms with Crippen molar-refractivity contribution in [2.24, 2.45) is 5.73 Å². The van der Waals surface area contributed by atoms with Gasteiger partial charge in [0.15, 0.2) is 0 Å². The van der Waals surface area contributed by atoms with Gasteiger partial charge in [-0.05, 0) is 20.8 Å². The lowest BCUT2D eigenvalue weighted by atomic mass is 10.2. The minimum Gasteiger partial charge on any atom is -0.480 e. The van der Waals surface area contributed by atoms with E-state index in [1.807, 2.05) is 5.32 Å². The van der Waals surface area contributed by atoms with Crippen LogP contribution in [0, 0.1) is 0 Å². The highest BCUT2D eigenvalue weighted by Gasteiger charge is 2.21. The van der Waals surface area contributed by atoms with Gasteiger partial charge >= 0.3 is 18.1 Å². The first-order chi connectivity index (χ1) is 7.61. The third kappa shape index (κ3) is 7.88. The zero-order chi connectivity index (χ0) is 13.6. The van der Waals surface area contributed by atoms with E-state index in [1.165, 1.54) is 0 Å². The van der Waals surface area contributed by atoms with E-state index in [2.05, 4.69) is 5.32 Å². The summed E-state index contributed by atoms with van der Waals surface area (Å²) < 4.78 is 4.89. The number of rotatable bonds is 4. The number of primary amides is 1. The number of carbonyl (C=O) groups is 3. The molecule has 0 aromatic carbocycles. The molecule has 0 aliphatic heterocycles. The number of carboxylic acids is 1. The normalized spacial score (nSPS) is 12.4. The summed E-state index contributed by atoms with van der Waals surface area (Å²) in [6.45, 7) is 4.70. The number of alkyl carbamates (subject to hydrolysis) is 1. The van der Waals surface area contributed by atoms with Gasteiger partial charge in [-0.15, -0.1) is 0 Å². The van der Waals surface area contributed by atoms with E-state index in [4.69, 9.17) is 15.6 Å². The maximum absolute atomic E-state index is 11.2. The van der Waals surface area contributed by atoms with E-state index < -0.39 is 29.7 Å². The van der Waals surface area contributed by atoms with Crippen molar-refractivity contribution >= 4 is 18.1 Å². The van der Waals surface area contributed by atoms with Crippen molar-refractivity contribution in [2.45, 2.75) is 32.4 Å². The lowest BCUT2D eigenvalue weighted by Crippen LogP contribution is -2.50. The molecule has 0 spiro atoms. The smallest absolute Gasteiger partial charge is 0.407 e. The summed E-state index contributed by atoms with van der Waals surface area (Å²) in [7, 11) is 0. The summed E-state index contributed by atoms with van der Waals surface area (Å²) >= 11 is 0. The van der Waals surface area contributed by atoms with E-state index in [0.29, 0.717) is 0 Å². The highest BCUT2D eigenvalue weighted by atomic mass is 16.6. The van der Waals surface area contributed by atoms with E-state index in [1.54, 1.807) is 20.8 Å². The fraction of sp³-hybridized carbons (Fsp3) is 0.667. The van der Waals surface area contributed by atoms with Gasteiger partial charge in [-0.25, -0.2) is 14.4 Å². The first-order valence-corrected chi connectivity index (χ1v) is 4.87. The molecule has 0 heterocycles. The molecule has 8 nitrogen and oxygen atoms in total.